The van der Waals surface area contributed by atoms with Gasteiger partial charge in [-0.2, -0.15) is 0 Å². The number of nitrogens with one attached hydrogen (secondary N) is 1. The average molecular weight is 304 g/mol. The van der Waals surface area contributed by atoms with Crippen LogP contribution in [0.3, 0.4) is 0 Å². The highest BCUT2D eigenvalue weighted by Gasteiger charge is 2.15. The molecule has 0 aliphatic rings. The monoisotopic (exact) mass is 304 g/mol. The second-order valence-corrected chi connectivity index (χ2v) is 6.30. The molecule has 112 valence electrons. The molecular weight excluding hydrogens is 284 g/mol. The van der Waals surface area contributed by atoms with E-state index >= 15 is 0 Å². The molecule has 1 atom stereocenters. The first-order valence-corrected chi connectivity index (χ1v) is 7.77. The molecule has 2 rings (SSSR count). The third-order valence-electron chi connectivity index (χ3n) is 3.03. The standard InChI is InChI=1S/C15H20N4OS/c1-10(2)15-19-18-13(21-15)9-17-14(20)12(16)8-11-6-4-3-5-7-11/h3-7,10,12H,8-9,16H2,1-2H3,(H,17,20)/t12-/m0/s1. The molecule has 0 saturated heterocycles. The van der Waals surface area contributed by atoms with Crippen LogP contribution in [0.1, 0.15) is 35.3 Å². The lowest BCUT2D eigenvalue weighted by atomic mass is 10.1. The zero-order valence-corrected chi connectivity index (χ0v) is 13.1. The SMILES string of the molecule is CC(C)c1nnc(CNC(=O)[C@@H](N)Cc2ccccc2)s1. The number of carbonyl (C=O) groups excluding carboxylic acids is 1. The van der Waals surface area contributed by atoms with Crippen LogP contribution in [0.4, 0.5) is 0 Å². The number of hydrogen-bond donors (Lipinski definition) is 2. The molecule has 1 aromatic heterocycles. The third-order valence-corrected chi connectivity index (χ3v) is 4.25. The van der Waals surface area contributed by atoms with Gasteiger partial charge in [-0.25, -0.2) is 0 Å². The van der Waals surface area contributed by atoms with Crippen molar-refractivity contribution in [3.8, 4) is 0 Å². The van der Waals surface area contributed by atoms with E-state index in [4.69, 9.17) is 5.73 Å². The van der Waals surface area contributed by atoms with Crippen LogP contribution in [0.15, 0.2) is 30.3 Å². The molecule has 0 spiro atoms. The maximum atomic E-state index is 12.0. The Morgan fingerprint density at radius 2 is 2.00 bits per heavy atom. The van der Waals surface area contributed by atoms with Crippen molar-refractivity contribution in [2.24, 2.45) is 5.73 Å². The highest BCUT2D eigenvalue weighted by molar-refractivity contribution is 7.11. The van der Waals surface area contributed by atoms with Crippen molar-refractivity contribution in [2.45, 2.75) is 38.8 Å². The van der Waals surface area contributed by atoms with Gasteiger partial charge in [0.25, 0.3) is 0 Å². The van der Waals surface area contributed by atoms with E-state index in [1.54, 1.807) is 0 Å². The second-order valence-electron chi connectivity index (χ2n) is 5.20. The molecule has 0 radical (unpaired) electrons. The van der Waals surface area contributed by atoms with Gasteiger partial charge in [0.15, 0.2) is 0 Å². The zero-order valence-electron chi connectivity index (χ0n) is 12.2. The number of carbonyl (C=O) groups is 1. The van der Waals surface area contributed by atoms with Crippen LogP contribution < -0.4 is 11.1 Å². The summed E-state index contributed by atoms with van der Waals surface area (Å²) in [6, 6.07) is 9.20. The Morgan fingerprint density at radius 1 is 1.29 bits per heavy atom. The van der Waals surface area contributed by atoms with Crippen LogP contribution in [0.25, 0.3) is 0 Å². The molecule has 5 nitrogen and oxygen atoms in total. The van der Waals surface area contributed by atoms with Crippen molar-refractivity contribution in [1.82, 2.24) is 15.5 Å². The van der Waals surface area contributed by atoms with Crippen LogP contribution in [-0.4, -0.2) is 22.1 Å². The van der Waals surface area contributed by atoms with E-state index in [0.29, 0.717) is 18.9 Å². The van der Waals surface area contributed by atoms with E-state index in [0.717, 1.165) is 15.6 Å². The molecule has 2 aromatic rings. The highest BCUT2D eigenvalue weighted by Crippen LogP contribution is 2.18. The summed E-state index contributed by atoms with van der Waals surface area (Å²) in [5.74, 6) is 0.187. The van der Waals surface area contributed by atoms with Gasteiger partial charge < -0.3 is 11.1 Å². The third kappa shape index (κ3) is 4.61. The molecule has 0 bridgehead atoms. The van der Waals surface area contributed by atoms with Gasteiger partial charge in [0.05, 0.1) is 12.6 Å². The first-order valence-electron chi connectivity index (χ1n) is 6.95. The topological polar surface area (TPSA) is 80.9 Å². The summed E-state index contributed by atoms with van der Waals surface area (Å²) < 4.78 is 0. The fourth-order valence-electron chi connectivity index (χ4n) is 1.83. The van der Waals surface area contributed by atoms with Gasteiger partial charge in [-0.05, 0) is 12.0 Å². The molecule has 21 heavy (non-hydrogen) atoms. The van der Waals surface area contributed by atoms with Gasteiger partial charge in [0.1, 0.15) is 10.0 Å². The second kappa shape index (κ2) is 7.28. The summed E-state index contributed by atoms with van der Waals surface area (Å²) in [6.45, 7) is 4.52. The number of amides is 1. The summed E-state index contributed by atoms with van der Waals surface area (Å²) in [7, 11) is 0. The van der Waals surface area contributed by atoms with Crippen molar-refractivity contribution >= 4 is 17.2 Å². The lowest BCUT2D eigenvalue weighted by molar-refractivity contribution is -0.122. The summed E-state index contributed by atoms with van der Waals surface area (Å²) in [5.41, 5.74) is 6.98. The van der Waals surface area contributed by atoms with Crippen molar-refractivity contribution in [3.63, 3.8) is 0 Å². The summed E-state index contributed by atoms with van der Waals surface area (Å²) in [5, 5.41) is 12.8. The minimum absolute atomic E-state index is 0.167. The fourth-order valence-corrected chi connectivity index (χ4v) is 2.61. The largest absolute Gasteiger partial charge is 0.348 e. The molecule has 3 N–H and O–H groups in total. The van der Waals surface area contributed by atoms with Gasteiger partial charge in [0.2, 0.25) is 5.91 Å². The average Bonchev–Trinajstić information content (AvgIpc) is 2.95. The van der Waals surface area contributed by atoms with Crippen molar-refractivity contribution in [2.75, 3.05) is 0 Å². The Kier molecular flexibility index (Phi) is 5.41. The summed E-state index contributed by atoms with van der Waals surface area (Å²) >= 11 is 1.52. The first-order chi connectivity index (χ1) is 10.1. The number of nitrogens with zero attached hydrogens (tertiary/aromatic N) is 2. The molecule has 1 heterocycles. The molecule has 0 unspecified atom stereocenters. The van der Waals surface area contributed by atoms with E-state index in [9.17, 15) is 4.79 Å². The number of nitrogens with two attached hydrogens (primary N) is 1. The lowest BCUT2D eigenvalue weighted by Crippen LogP contribution is -2.41. The van der Waals surface area contributed by atoms with Crippen LogP contribution in [-0.2, 0) is 17.8 Å². The zero-order chi connectivity index (χ0) is 15.2. The Hall–Kier alpha value is -1.79. The summed E-state index contributed by atoms with van der Waals surface area (Å²) in [6.07, 6.45) is 0.528. The molecular formula is C15H20N4OS. The van der Waals surface area contributed by atoms with Crippen molar-refractivity contribution in [3.05, 3.63) is 45.9 Å². The number of rotatable bonds is 6. The predicted molar refractivity (Wildman–Crippen MR) is 84.0 cm³/mol. The van der Waals surface area contributed by atoms with E-state index in [2.05, 4.69) is 29.4 Å². The lowest BCUT2D eigenvalue weighted by Gasteiger charge is -2.11. The Morgan fingerprint density at radius 3 is 2.62 bits per heavy atom. The maximum Gasteiger partial charge on any atom is 0.237 e. The van der Waals surface area contributed by atoms with E-state index in [1.165, 1.54) is 11.3 Å². The van der Waals surface area contributed by atoms with Gasteiger partial charge >= 0.3 is 0 Å². The van der Waals surface area contributed by atoms with Gasteiger partial charge in [-0.3, -0.25) is 4.79 Å². The maximum absolute atomic E-state index is 12.0. The number of hydrogen-bond acceptors (Lipinski definition) is 5. The van der Waals surface area contributed by atoms with E-state index in [-0.39, 0.29) is 5.91 Å². The summed E-state index contributed by atoms with van der Waals surface area (Å²) in [4.78, 5) is 12.0. The molecule has 0 saturated carbocycles. The Bertz CT molecular complexity index is 582. The highest BCUT2D eigenvalue weighted by atomic mass is 32.1. The molecule has 6 heteroatoms. The minimum atomic E-state index is -0.551. The minimum Gasteiger partial charge on any atom is -0.348 e. The van der Waals surface area contributed by atoms with Gasteiger partial charge in [0, 0.05) is 5.92 Å². The number of benzene rings is 1. The Labute approximate surface area is 128 Å². The fraction of sp³-hybridized carbons (Fsp3) is 0.400. The van der Waals surface area contributed by atoms with Crippen LogP contribution in [0.5, 0.6) is 0 Å². The Balaban J connectivity index is 1.83. The number of aromatic nitrogens is 2. The van der Waals surface area contributed by atoms with E-state index in [1.807, 2.05) is 30.3 Å². The normalized spacial score (nSPS) is 12.4. The molecule has 0 aliphatic heterocycles. The molecule has 0 fully saturated rings. The van der Waals surface area contributed by atoms with Gasteiger partial charge in [-0.1, -0.05) is 55.5 Å². The van der Waals surface area contributed by atoms with Gasteiger partial charge in [-0.15, -0.1) is 10.2 Å². The quantitative estimate of drug-likeness (QED) is 0.853. The van der Waals surface area contributed by atoms with Crippen LogP contribution in [0, 0.1) is 0 Å². The molecule has 0 aliphatic carbocycles. The van der Waals surface area contributed by atoms with Crippen molar-refractivity contribution in [1.29, 1.82) is 0 Å². The molecule has 1 aromatic carbocycles. The van der Waals surface area contributed by atoms with Crippen LogP contribution >= 0.6 is 11.3 Å². The van der Waals surface area contributed by atoms with E-state index < -0.39 is 6.04 Å². The van der Waals surface area contributed by atoms with Crippen LogP contribution in [0.2, 0.25) is 0 Å². The predicted octanol–water partition coefficient (Wildman–Crippen LogP) is 1.85. The van der Waals surface area contributed by atoms with Crippen molar-refractivity contribution < 1.29 is 4.79 Å². The first kappa shape index (κ1) is 15.6. The molecule has 1 amide bonds. The smallest absolute Gasteiger partial charge is 0.237 e.